The second kappa shape index (κ2) is 12.8. The standard InChI is InChI=1S/C26H32F4N4O2S2/c1-25(2)12-18(34-24(38)33-17-6-10-20(11-7-17)36-22(29)30)13-26(3,14-25)15-31-23(37)32-16-4-8-19(9-5-16)35-21(27)28/h4-11,18,21-22H,12-15H2,1-3H3,(H2,31,32,37)(H2,33,34,38)/t18-,26+/m1/s1. The average molecular weight is 573 g/mol. The first-order valence-electron chi connectivity index (χ1n) is 12.0. The van der Waals surface area contributed by atoms with Crippen LogP contribution in [-0.2, 0) is 0 Å². The molecule has 12 heteroatoms. The van der Waals surface area contributed by atoms with Crippen LogP contribution < -0.4 is 30.7 Å². The van der Waals surface area contributed by atoms with Gasteiger partial charge in [-0.2, -0.15) is 17.6 Å². The summed E-state index contributed by atoms with van der Waals surface area (Å²) in [5.41, 5.74) is 1.27. The number of hydrogen-bond acceptors (Lipinski definition) is 4. The maximum Gasteiger partial charge on any atom is 0.387 e. The zero-order chi connectivity index (χ0) is 27.9. The van der Waals surface area contributed by atoms with E-state index in [1.54, 1.807) is 24.3 Å². The minimum Gasteiger partial charge on any atom is -0.435 e. The molecule has 3 rings (SSSR count). The largest absolute Gasteiger partial charge is 0.435 e. The fourth-order valence-electron chi connectivity index (χ4n) is 5.13. The highest BCUT2D eigenvalue weighted by molar-refractivity contribution is 7.80. The summed E-state index contributed by atoms with van der Waals surface area (Å²) in [6.07, 6.45) is 2.73. The molecule has 2 atom stereocenters. The lowest BCUT2D eigenvalue weighted by Crippen LogP contribution is -2.51. The van der Waals surface area contributed by atoms with Gasteiger partial charge in [0, 0.05) is 24.0 Å². The molecule has 0 radical (unpaired) electrons. The van der Waals surface area contributed by atoms with Crippen LogP contribution >= 0.6 is 24.4 Å². The van der Waals surface area contributed by atoms with E-state index in [0.717, 1.165) is 19.3 Å². The van der Waals surface area contributed by atoms with Gasteiger partial charge in [-0.3, -0.25) is 0 Å². The summed E-state index contributed by atoms with van der Waals surface area (Å²) in [6.45, 7) is 1.52. The minimum absolute atomic E-state index is 0.0474. The van der Waals surface area contributed by atoms with Crippen molar-refractivity contribution in [1.29, 1.82) is 0 Å². The van der Waals surface area contributed by atoms with Gasteiger partial charge >= 0.3 is 13.2 Å². The molecule has 1 fully saturated rings. The first-order valence-corrected chi connectivity index (χ1v) is 12.8. The van der Waals surface area contributed by atoms with Crippen LogP contribution in [0.1, 0.15) is 40.0 Å². The van der Waals surface area contributed by atoms with Gasteiger partial charge in [0.25, 0.3) is 0 Å². The molecule has 0 heterocycles. The lowest BCUT2D eigenvalue weighted by atomic mass is 9.62. The van der Waals surface area contributed by atoms with Gasteiger partial charge in [0.15, 0.2) is 10.2 Å². The molecule has 208 valence electrons. The first-order chi connectivity index (χ1) is 17.8. The summed E-state index contributed by atoms with van der Waals surface area (Å²) < 4.78 is 58.1. The van der Waals surface area contributed by atoms with Gasteiger partial charge in [-0.15, -0.1) is 0 Å². The van der Waals surface area contributed by atoms with Crippen molar-refractivity contribution in [3.05, 3.63) is 48.5 Å². The molecule has 0 aromatic heterocycles. The Labute approximate surface area is 230 Å². The van der Waals surface area contributed by atoms with E-state index in [0.29, 0.717) is 28.1 Å². The zero-order valence-electron chi connectivity index (χ0n) is 21.3. The van der Waals surface area contributed by atoms with Crippen molar-refractivity contribution in [2.75, 3.05) is 17.2 Å². The second-order valence-corrected chi connectivity index (χ2v) is 11.3. The minimum atomic E-state index is -2.87. The number of ether oxygens (including phenoxy) is 2. The number of hydrogen-bond donors (Lipinski definition) is 4. The van der Waals surface area contributed by atoms with Gasteiger partial charge in [0.2, 0.25) is 0 Å². The summed E-state index contributed by atoms with van der Waals surface area (Å²) in [6, 6.07) is 12.4. The predicted octanol–water partition coefficient (Wildman–Crippen LogP) is 6.75. The van der Waals surface area contributed by atoms with E-state index in [4.69, 9.17) is 24.4 Å². The normalized spacial score (nSPS) is 20.5. The van der Waals surface area contributed by atoms with Crippen molar-refractivity contribution >= 4 is 46.0 Å². The summed E-state index contributed by atoms with van der Waals surface area (Å²) >= 11 is 11.0. The molecule has 1 aliphatic carbocycles. The van der Waals surface area contributed by atoms with Crippen LogP contribution in [-0.4, -0.2) is 36.0 Å². The molecule has 4 N–H and O–H groups in total. The van der Waals surface area contributed by atoms with E-state index in [1.165, 1.54) is 24.3 Å². The van der Waals surface area contributed by atoms with Gasteiger partial charge < -0.3 is 30.7 Å². The lowest BCUT2D eigenvalue weighted by Gasteiger charge is -2.47. The smallest absolute Gasteiger partial charge is 0.387 e. The van der Waals surface area contributed by atoms with E-state index >= 15 is 0 Å². The molecule has 1 aliphatic rings. The van der Waals surface area contributed by atoms with Crippen molar-refractivity contribution < 1.29 is 27.0 Å². The third kappa shape index (κ3) is 9.79. The SMILES string of the molecule is CC1(C)C[C@@H](NC(=S)Nc2ccc(OC(F)F)cc2)C[C@](C)(CNC(=S)Nc2ccc(OC(F)F)cc2)C1. The molecule has 6 nitrogen and oxygen atoms in total. The maximum absolute atomic E-state index is 12.4. The topological polar surface area (TPSA) is 66.6 Å². The number of thiocarbonyl (C=S) groups is 2. The molecule has 38 heavy (non-hydrogen) atoms. The number of anilines is 2. The van der Waals surface area contributed by atoms with Gasteiger partial charge in [-0.05, 0) is 103 Å². The van der Waals surface area contributed by atoms with Crippen LogP contribution in [0.2, 0.25) is 0 Å². The van der Waals surface area contributed by atoms with E-state index in [-0.39, 0.29) is 28.4 Å². The highest BCUT2D eigenvalue weighted by atomic mass is 32.1. The summed E-state index contributed by atoms with van der Waals surface area (Å²) in [5, 5.41) is 13.7. The molecule has 0 amide bonds. The third-order valence-electron chi connectivity index (χ3n) is 6.13. The molecule has 0 aliphatic heterocycles. The number of rotatable bonds is 9. The fourth-order valence-corrected chi connectivity index (χ4v) is 5.61. The van der Waals surface area contributed by atoms with Crippen LogP contribution in [0.4, 0.5) is 28.9 Å². The number of halogens is 4. The van der Waals surface area contributed by atoms with E-state index in [9.17, 15) is 17.6 Å². The molecular weight excluding hydrogens is 540 g/mol. The van der Waals surface area contributed by atoms with Gasteiger partial charge in [0.1, 0.15) is 11.5 Å². The third-order valence-corrected chi connectivity index (χ3v) is 6.60. The maximum atomic E-state index is 12.4. The molecule has 2 aromatic carbocycles. The van der Waals surface area contributed by atoms with E-state index in [2.05, 4.69) is 51.5 Å². The monoisotopic (exact) mass is 572 g/mol. The van der Waals surface area contributed by atoms with Crippen molar-refractivity contribution in [2.24, 2.45) is 10.8 Å². The molecule has 0 unspecified atom stereocenters. The molecule has 0 spiro atoms. The Balaban J connectivity index is 1.52. The highest BCUT2D eigenvalue weighted by Crippen LogP contribution is 2.45. The van der Waals surface area contributed by atoms with Crippen LogP contribution in [0.5, 0.6) is 11.5 Å². The van der Waals surface area contributed by atoms with Crippen LogP contribution in [0, 0.1) is 10.8 Å². The van der Waals surface area contributed by atoms with Crippen molar-refractivity contribution in [3.8, 4) is 11.5 Å². The summed E-state index contributed by atoms with van der Waals surface area (Å²) in [7, 11) is 0. The highest BCUT2D eigenvalue weighted by Gasteiger charge is 2.41. The van der Waals surface area contributed by atoms with Gasteiger partial charge in [-0.25, -0.2) is 0 Å². The number of benzene rings is 2. The Bertz CT molecular complexity index is 1090. The molecular formula is C26H32F4N4O2S2. The van der Waals surface area contributed by atoms with Gasteiger partial charge in [-0.1, -0.05) is 20.8 Å². The quantitative estimate of drug-likeness (QED) is 0.195. The van der Waals surface area contributed by atoms with Crippen LogP contribution in [0.25, 0.3) is 0 Å². The van der Waals surface area contributed by atoms with Crippen LogP contribution in [0.3, 0.4) is 0 Å². The van der Waals surface area contributed by atoms with E-state index in [1.807, 2.05) is 0 Å². The lowest BCUT2D eigenvalue weighted by molar-refractivity contribution is -0.0505. The molecule has 2 aromatic rings. The van der Waals surface area contributed by atoms with E-state index < -0.39 is 13.2 Å². The Morgan fingerprint density at radius 3 is 1.76 bits per heavy atom. The number of nitrogens with one attached hydrogen (secondary N) is 4. The summed E-state index contributed by atoms with van der Waals surface area (Å²) in [5.74, 6) is 0.150. The van der Waals surface area contributed by atoms with Gasteiger partial charge in [0.05, 0.1) is 0 Å². The molecule has 1 saturated carbocycles. The Kier molecular flexibility index (Phi) is 10.00. The average Bonchev–Trinajstić information content (AvgIpc) is 2.78. The number of alkyl halides is 4. The molecule has 0 saturated heterocycles. The van der Waals surface area contributed by atoms with Crippen molar-refractivity contribution in [1.82, 2.24) is 10.6 Å². The van der Waals surface area contributed by atoms with Crippen molar-refractivity contribution in [2.45, 2.75) is 59.3 Å². The predicted molar refractivity (Wildman–Crippen MR) is 149 cm³/mol. The second-order valence-electron chi connectivity index (χ2n) is 10.5. The first kappa shape index (κ1) is 29.7. The Morgan fingerprint density at radius 2 is 1.29 bits per heavy atom. The Hall–Kier alpha value is -2.86. The fraction of sp³-hybridized carbons (Fsp3) is 0.462. The molecule has 0 bridgehead atoms. The summed E-state index contributed by atoms with van der Waals surface area (Å²) in [4.78, 5) is 0. The zero-order valence-corrected chi connectivity index (χ0v) is 23.0. The Morgan fingerprint density at radius 1 is 0.816 bits per heavy atom. The van der Waals surface area contributed by atoms with Crippen LogP contribution in [0.15, 0.2) is 48.5 Å². The van der Waals surface area contributed by atoms with Crippen molar-refractivity contribution in [3.63, 3.8) is 0 Å².